The number of ether oxygens (including phenoxy) is 3. The number of carboxylic acid groups (broad SMARTS) is 1. The van der Waals surface area contributed by atoms with Gasteiger partial charge in [0.05, 0.1) is 25.6 Å². The van der Waals surface area contributed by atoms with Gasteiger partial charge in [0.1, 0.15) is 19.3 Å². The number of amidine groups is 1. The van der Waals surface area contributed by atoms with Crippen molar-refractivity contribution >= 4 is 29.1 Å². The summed E-state index contributed by atoms with van der Waals surface area (Å²) in [6.07, 6.45) is 1.57. The maximum atomic E-state index is 11.5. The van der Waals surface area contributed by atoms with Gasteiger partial charge in [0.2, 0.25) is 5.71 Å². The number of hydrazine groups is 2. The summed E-state index contributed by atoms with van der Waals surface area (Å²) in [5.74, 6) is -0.0933. The Kier molecular flexibility index (Phi) is 7.59. The maximum Gasteiger partial charge on any atom is 0.361 e. The Labute approximate surface area is 229 Å². The SMILES string of the molecule is CON=C(C(=O)O)C1=NNN(CC[C@H]2O[C@H](c3cccc(OC)c3OC)c3cc(Cl)ccc3-n3cccc32)N1. The van der Waals surface area contributed by atoms with Crippen molar-refractivity contribution in [1.29, 1.82) is 0 Å². The molecule has 3 N–H and O–H groups in total. The van der Waals surface area contributed by atoms with E-state index in [2.05, 4.69) is 30.6 Å². The van der Waals surface area contributed by atoms with E-state index in [4.69, 9.17) is 25.8 Å². The molecule has 0 spiro atoms. The number of benzene rings is 2. The summed E-state index contributed by atoms with van der Waals surface area (Å²) in [4.78, 5) is 16.1. The Morgan fingerprint density at radius 3 is 2.74 bits per heavy atom. The van der Waals surface area contributed by atoms with Crippen molar-refractivity contribution in [3.05, 3.63) is 76.6 Å². The van der Waals surface area contributed by atoms with E-state index in [1.165, 1.54) is 7.11 Å². The molecular weight excluding hydrogens is 528 g/mol. The second kappa shape index (κ2) is 11.2. The molecule has 0 radical (unpaired) electrons. The summed E-state index contributed by atoms with van der Waals surface area (Å²) in [5, 5.41) is 19.1. The molecule has 2 aromatic carbocycles. The third-order valence-electron chi connectivity index (χ3n) is 6.41. The number of para-hydroxylation sites is 1. The van der Waals surface area contributed by atoms with E-state index in [9.17, 15) is 9.90 Å². The standard InChI is InChI=1S/C26H27ClN6O6/c1-36-21-8-4-6-16(24(21)37-2)23-17-14-15(27)9-10-18(17)32-12-5-7-19(32)20(39-23)11-13-33-29-25(28-31-33)22(26(34)35)30-38-3/h4-10,12,14,20,23,31H,11,13H2,1-3H3,(H,28,29)(H,34,35)/t20-,23-/m1/s1. The van der Waals surface area contributed by atoms with Crippen LogP contribution in [-0.4, -0.2) is 60.2 Å². The number of carboxylic acids is 1. The molecule has 2 aliphatic rings. The molecule has 0 aliphatic carbocycles. The van der Waals surface area contributed by atoms with E-state index in [0.29, 0.717) is 29.5 Å². The fraction of sp³-hybridized carbons (Fsp3) is 0.269. The topological polar surface area (TPSA) is 131 Å². The number of hydrazone groups is 1. The highest BCUT2D eigenvalue weighted by Crippen LogP contribution is 2.46. The van der Waals surface area contributed by atoms with Crippen molar-refractivity contribution in [3.8, 4) is 17.2 Å². The quantitative estimate of drug-likeness (QED) is 0.269. The van der Waals surface area contributed by atoms with Gasteiger partial charge >= 0.3 is 5.97 Å². The Bertz CT molecular complexity index is 1440. The molecule has 204 valence electrons. The largest absolute Gasteiger partial charge is 0.493 e. The number of aliphatic carboxylic acids is 1. The van der Waals surface area contributed by atoms with Crippen LogP contribution in [0.4, 0.5) is 0 Å². The van der Waals surface area contributed by atoms with E-state index in [-0.39, 0.29) is 17.7 Å². The third-order valence-corrected chi connectivity index (χ3v) is 6.64. The number of hydrogen-bond acceptors (Lipinski definition) is 10. The molecule has 5 rings (SSSR count). The molecule has 0 unspecified atom stereocenters. The molecule has 2 atom stereocenters. The number of oxime groups is 1. The summed E-state index contributed by atoms with van der Waals surface area (Å²) in [6.45, 7) is 0.391. The summed E-state index contributed by atoms with van der Waals surface area (Å²) in [6, 6.07) is 15.4. The van der Waals surface area contributed by atoms with Gasteiger partial charge in [0.15, 0.2) is 17.3 Å². The van der Waals surface area contributed by atoms with Crippen LogP contribution in [0, 0.1) is 0 Å². The highest BCUT2D eigenvalue weighted by molar-refractivity contribution is 6.64. The zero-order chi connectivity index (χ0) is 27.5. The van der Waals surface area contributed by atoms with Crippen molar-refractivity contribution < 1.29 is 28.9 Å². The number of nitrogens with one attached hydrogen (secondary N) is 2. The number of methoxy groups -OCH3 is 2. The highest BCUT2D eigenvalue weighted by atomic mass is 35.5. The normalized spacial score (nSPS) is 18.7. The van der Waals surface area contributed by atoms with E-state index in [1.54, 1.807) is 19.3 Å². The summed E-state index contributed by atoms with van der Waals surface area (Å²) >= 11 is 6.47. The van der Waals surface area contributed by atoms with Crippen LogP contribution in [0.2, 0.25) is 5.02 Å². The molecule has 0 fully saturated rings. The van der Waals surface area contributed by atoms with Gasteiger partial charge in [-0.15, -0.1) is 10.2 Å². The molecule has 13 heteroatoms. The lowest BCUT2D eigenvalue weighted by Gasteiger charge is -2.26. The Balaban J connectivity index is 1.46. The zero-order valence-corrected chi connectivity index (χ0v) is 22.2. The first-order chi connectivity index (χ1) is 18.9. The van der Waals surface area contributed by atoms with Crippen LogP contribution in [0.25, 0.3) is 5.69 Å². The van der Waals surface area contributed by atoms with Gasteiger partial charge in [-0.25, -0.2) is 10.3 Å². The molecule has 0 saturated carbocycles. The van der Waals surface area contributed by atoms with Crippen molar-refractivity contribution in [2.45, 2.75) is 18.6 Å². The molecule has 3 aromatic rings. The average Bonchev–Trinajstić information content (AvgIpc) is 3.59. The Hall–Kier alpha value is -4.26. The average molecular weight is 555 g/mol. The summed E-state index contributed by atoms with van der Waals surface area (Å²) < 4.78 is 20.2. The monoisotopic (exact) mass is 554 g/mol. The number of fused-ring (bicyclic) bond motifs is 3. The number of rotatable bonds is 9. The molecule has 0 bridgehead atoms. The van der Waals surface area contributed by atoms with Gasteiger partial charge in [-0.2, -0.15) is 0 Å². The van der Waals surface area contributed by atoms with Gasteiger partial charge in [0.25, 0.3) is 0 Å². The predicted octanol–water partition coefficient (Wildman–Crippen LogP) is 3.42. The number of carbonyl (C=O) groups is 1. The zero-order valence-electron chi connectivity index (χ0n) is 21.4. The van der Waals surface area contributed by atoms with Gasteiger partial charge in [-0.1, -0.05) is 28.9 Å². The van der Waals surface area contributed by atoms with Gasteiger partial charge in [-0.3, -0.25) is 5.43 Å². The predicted molar refractivity (Wildman–Crippen MR) is 143 cm³/mol. The number of halogens is 1. The molecule has 1 aromatic heterocycles. The number of hydrogen-bond donors (Lipinski definition) is 3. The van der Waals surface area contributed by atoms with E-state index < -0.39 is 12.1 Å². The van der Waals surface area contributed by atoms with Crippen LogP contribution in [0.15, 0.2) is 65.0 Å². The molecular formula is C26H27ClN6O6. The van der Waals surface area contributed by atoms with Crippen molar-refractivity contribution in [2.75, 3.05) is 27.9 Å². The molecule has 39 heavy (non-hydrogen) atoms. The van der Waals surface area contributed by atoms with Crippen LogP contribution >= 0.6 is 11.6 Å². The van der Waals surface area contributed by atoms with E-state index in [0.717, 1.165) is 22.5 Å². The minimum atomic E-state index is -1.27. The molecule has 0 amide bonds. The fourth-order valence-corrected chi connectivity index (χ4v) is 4.91. The van der Waals surface area contributed by atoms with Crippen LogP contribution in [-0.2, 0) is 14.4 Å². The molecule has 3 heterocycles. The van der Waals surface area contributed by atoms with E-state index >= 15 is 0 Å². The smallest absolute Gasteiger partial charge is 0.361 e. The van der Waals surface area contributed by atoms with Crippen LogP contribution < -0.4 is 20.4 Å². The summed E-state index contributed by atoms with van der Waals surface area (Å²) in [5.41, 5.74) is 8.85. The van der Waals surface area contributed by atoms with Crippen molar-refractivity contribution in [1.82, 2.24) is 20.6 Å². The Morgan fingerprint density at radius 2 is 2.00 bits per heavy atom. The molecule has 2 aliphatic heterocycles. The number of nitrogens with zero attached hydrogens (tertiary/aromatic N) is 4. The lowest BCUT2D eigenvalue weighted by molar-refractivity contribution is -0.129. The van der Waals surface area contributed by atoms with E-state index in [1.807, 2.05) is 54.7 Å². The minimum Gasteiger partial charge on any atom is -0.493 e. The molecule has 0 saturated heterocycles. The Morgan fingerprint density at radius 1 is 1.15 bits per heavy atom. The highest BCUT2D eigenvalue weighted by Gasteiger charge is 2.34. The van der Waals surface area contributed by atoms with Crippen molar-refractivity contribution in [3.63, 3.8) is 0 Å². The van der Waals surface area contributed by atoms with Crippen LogP contribution in [0.1, 0.15) is 35.4 Å². The van der Waals surface area contributed by atoms with Crippen LogP contribution in [0.5, 0.6) is 11.5 Å². The van der Waals surface area contributed by atoms with Gasteiger partial charge in [0, 0.05) is 28.9 Å². The first kappa shape index (κ1) is 26.4. The fourth-order valence-electron chi connectivity index (χ4n) is 4.73. The first-order valence-electron chi connectivity index (χ1n) is 12.0. The number of aromatic nitrogens is 1. The first-order valence-corrected chi connectivity index (χ1v) is 12.4. The van der Waals surface area contributed by atoms with Crippen molar-refractivity contribution in [2.24, 2.45) is 10.3 Å². The maximum absolute atomic E-state index is 11.5. The molecule has 12 nitrogen and oxygen atoms in total. The van der Waals surface area contributed by atoms with Crippen LogP contribution in [0.3, 0.4) is 0 Å². The lowest BCUT2D eigenvalue weighted by atomic mass is 9.98. The second-order valence-electron chi connectivity index (χ2n) is 8.63. The third kappa shape index (κ3) is 5.09. The van der Waals surface area contributed by atoms with Gasteiger partial charge in [-0.05, 0) is 42.8 Å². The summed E-state index contributed by atoms with van der Waals surface area (Å²) in [7, 11) is 4.45. The van der Waals surface area contributed by atoms with Gasteiger partial charge < -0.3 is 28.7 Å². The second-order valence-corrected chi connectivity index (χ2v) is 9.07. The minimum absolute atomic E-state index is 0.0237. The lowest BCUT2D eigenvalue weighted by Crippen LogP contribution is -2.45.